The average molecular weight is 1050 g/mol. The van der Waals surface area contributed by atoms with Crippen molar-refractivity contribution in [2.45, 2.75) is 104 Å². The Morgan fingerprint density at radius 3 is 1.57 bits per heavy atom. The van der Waals surface area contributed by atoms with E-state index in [1.165, 1.54) is 12.7 Å². The molecule has 3 N–H and O–H groups in total. The minimum absolute atomic E-state index is 0.0210. The zero-order chi connectivity index (χ0) is 53.6. The first-order valence-corrected chi connectivity index (χ1v) is 25.2. The molecule has 6 heterocycles. The number of aryl methyl sites for hydroxylation is 2. The Balaban J connectivity index is 0.000000170. The molecule has 396 valence electrons. The number of piperidine rings is 2. The number of fused-ring (bicyclic) bond motifs is 4. The summed E-state index contributed by atoms with van der Waals surface area (Å²) in [6, 6.07) is 22.6. The maximum absolute atomic E-state index is 12.4. The number of hydrogen-bond acceptors (Lipinski definition) is 14. The quantitative estimate of drug-likeness (QED) is 0.121. The van der Waals surface area contributed by atoms with Gasteiger partial charge in [-0.05, 0) is 115 Å². The summed E-state index contributed by atoms with van der Waals surface area (Å²) >= 11 is 6.12. The molecule has 0 radical (unpaired) electrons. The number of hydrogen-bond donors (Lipinski definition) is 3. The number of carbonyl (C=O) groups is 2. The van der Waals surface area contributed by atoms with E-state index in [0.717, 1.165) is 33.2 Å². The number of aromatic hydroxyl groups is 1. The smallest absolute Gasteiger partial charge is 0.410 e. The molecule has 19 heteroatoms. The first-order chi connectivity index (χ1) is 35.7. The van der Waals surface area contributed by atoms with Crippen molar-refractivity contribution in [3.8, 4) is 40.4 Å². The molecule has 4 aromatic heterocycles. The number of aromatic nitrogens is 6. The van der Waals surface area contributed by atoms with E-state index in [4.69, 9.17) is 49.9 Å². The first kappa shape index (κ1) is 53.6. The zero-order valence-corrected chi connectivity index (χ0v) is 44.8. The molecule has 8 aromatic rings. The predicted molar refractivity (Wildman–Crippen MR) is 288 cm³/mol. The molecule has 0 unspecified atom stereocenters. The first-order valence-electron chi connectivity index (χ1n) is 24.9. The number of H-pyrrole nitrogens is 2. The van der Waals surface area contributed by atoms with Crippen molar-refractivity contribution in [1.82, 2.24) is 39.7 Å². The molecule has 2 aliphatic rings. The summed E-state index contributed by atoms with van der Waals surface area (Å²) in [7, 11) is 3.18. The Kier molecular flexibility index (Phi) is 16.3. The number of carbonyl (C=O) groups excluding carboxylic acids is 2. The van der Waals surface area contributed by atoms with E-state index < -0.39 is 11.2 Å². The van der Waals surface area contributed by atoms with Crippen LogP contribution < -0.4 is 23.7 Å². The van der Waals surface area contributed by atoms with Gasteiger partial charge in [0.25, 0.3) is 0 Å². The van der Waals surface area contributed by atoms with Crippen molar-refractivity contribution in [2.75, 3.05) is 40.4 Å². The van der Waals surface area contributed by atoms with E-state index in [9.17, 15) is 9.59 Å². The van der Waals surface area contributed by atoms with Crippen LogP contribution in [0.2, 0.25) is 5.15 Å². The van der Waals surface area contributed by atoms with Gasteiger partial charge in [-0.3, -0.25) is 0 Å². The second-order valence-electron chi connectivity index (χ2n) is 20.5. The van der Waals surface area contributed by atoms with E-state index in [0.29, 0.717) is 119 Å². The van der Waals surface area contributed by atoms with Crippen LogP contribution in [-0.2, 0) is 9.47 Å². The zero-order valence-electron chi connectivity index (χ0n) is 44.1. The number of phenolic OH excluding ortho intramolecular Hbond substituents is 1. The fourth-order valence-corrected chi connectivity index (χ4v) is 8.86. The number of phenols is 1. The van der Waals surface area contributed by atoms with Crippen LogP contribution in [0.5, 0.6) is 40.4 Å². The highest BCUT2D eigenvalue weighted by Crippen LogP contribution is 2.39. The summed E-state index contributed by atoms with van der Waals surface area (Å²) in [5.74, 6) is 3.76. The molecule has 10 rings (SSSR count). The second kappa shape index (κ2) is 22.8. The largest absolute Gasteiger partial charge is 0.508 e. The maximum Gasteiger partial charge on any atom is 0.410 e. The van der Waals surface area contributed by atoms with E-state index in [1.54, 1.807) is 42.2 Å². The lowest BCUT2D eigenvalue weighted by Gasteiger charge is -2.33. The van der Waals surface area contributed by atoms with Gasteiger partial charge in [0.1, 0.15) is 52.7 Å². The van der Waals surface area contributed by atoms with Crippen LogP contribution in [0.3, 0.4) is 0 Å². The Morgan fingerprint density at radius 2 is 1.07 bits per heavy atom. The van der Waals surface area contributed by atoms with Crippen molar-refractivity contribution in [3.05, 3.63) is 102 Å². The van der Waals surface area contributed by atoms with Crippen LogP contribution in [0.1, 0.15) is 78.6 Å². The van der Waals surface area contributed by atoms with Gasteiger partial charge in [-0.2, -0.15) is 0 Å². The molecule has 2 amide bonds. The van der Waals surface area contributed by atoms with E-state index in [2.05, 4.69) is 42.0 Å². The number of nitrogens with one attached hydrogen (secondary N) is 2. The van der Waals surface area contributed by atoms with Crippen molar-refractivity contribution in [2.24, 2.45) is 0 Å². The number of rotatable bonds is 8. The minimum atomic E-state index is -0.513. The van der Waals surface area contributed by atoms with Gasteiger partial charge in [-0.25, -0.2) is 29.5 Å². The van der Waals surface area contributed by atoms with Crippen LogP contribution >= 0.6 is 11.6 Å². The normalized spacial score (nSPS) is 14.4. The average Bonchev–Trinajstić information content (AvgIpc) is 3.93. The number of likely N-dealkylation sites (tertiary alicyclic amines) is 2. The predicted octanol–water partition coefficient (Wildman–Crippen LogP) is 12.3. The van der Waals surface area contributed by atoms with Crippen LogP contribution in [0, 0.1) is 13.8 Å². The Bertz CT molecular complexity index is 3300. The third-order valence-electron chi connectivity index (χ3n) is 12.2. The Hall–Kier alpha value is -7.73. The molecule has 18 nitrogen and oxygen atoms in total. The monoisotopic (exact) mass is 1040 g/mol. The highest BCUT2D eigenvalue weighted by molar-refractivity contribution is 6.34. The lowest BCUT2D eigenvalue weighted by molar-refractivity contribution is 0.0113. The van der Waals surface area contributed by atoms with Gasteiger partial charge in [-0.1, -0.05) is 11.6 Å². The standard InChI is InChI=1S/C28H32N4O5.C19H24ClN3O4.C9H9NO/c1-17-12-18-6-7-20(13-22(18)31-17)36-26-21-14-24(34-5)25(15-23(21)29-16-30-26)35-19-8-10-32(11-9-19)27(33)37-28(2,3)4;1-19(2,3)27-18(24)23-7-5-12(6-8-23)26-16-10-14-13(9-15(16)25-4)17(20)22-11-21-14;1-6-4-7-2-3-8(11)5-9(7)10-6/h6-7,12-16,19,31H,8-11H2,1-5H3;9-12H,5-8H2,1-4H3;2-5,10-11H,1H3. The number of halogens is 1. The topological polar surface area (TPSA) is 209 Å². The molecule has 0 spiro atoms. The molecule has 2 saturated heterocycles. The molecule has 2 aliphatic heterocycles. The van der Waals surface area contributed by atoms with Crippen molar-refractivity contribution >= 4 is 67.4 Å². The number of nitrogens with zero attached hydrogens (tertiary/aromatic N) is 6. The molecule has 2 fully saturated rings. The number of ether oxygens (including phenoxy) is 7. The number of aromatic amines is 2. The van der Waals surface area contributed by atoms with Gasteiger partial charge in [0.2, 0.25) is 5.88 Å². The molecular weight excluding hydrogens is 980 g/mol. The van der Waals surface area contributed by atoms with E-state index >= 15 is 0 Å². The van der Waals surface area contributed by atoms with Crippen LogP contribution in [-0.4, -0.2) is 121 Å². The fourth-order valence-electron chi connectivity index (χ4n) is 8.67. The lowest BCUT2D eigenvalue weighted by Crippen LogP contribution is -2.44. The molecule has 75 heavy (non-hydrogen) atoms. The van der Waals surface area contributed by atoms with Gasteiger partial charge in [0.05, 0.1) is 30.6 Å². The third-order valence-corrected chi connectivity index (χ3v) is 12.5. The van der Waals surface area contributed by atoms with Gasteiger partial charge < -0.3 is 58.0 Å². The Morgan fingerprint density at radius 1 is 0.600 bits per heavy atom. The van der Waals surface area contributed by atoms with E-state index in [1.807, 2.05) is 97.9 Å². The molecule has 0 aliphatic carbocycles. The summed E-state index contributed by atoms with van der Waals surface area (Å²) in [6.07, 6.45) is 5.06. The van der Waals surface area contributed by atoms with Crippen LogP contribution in [0.15, 0.2) is 85.5 Å². The molecular formula is C56H65ClN8O10. The maximum atomic E-state index is 12.4. The highest BCUT2D eigenvalue weighted by atomic mass is 35.5. The second-order valence-corrected chi connectivity index (χ2v) is 20.8. The SMILES string of the molecule is COc1cc2c(Cl)ncnc2cc1OC1CCN(C(=O)OC(C)(C)C)CC1.COc1cc2c(Oc3ccc4cc(C)[nH]c4c3)ncnc2cc1OC1CCN(C(=O)OC(C)(C)C)CC1.Cc1cc2ccc(O)cc2[nH]1. The minimum Gasteiger partial charge on any atom is -0.508 e. The third kappa shape index (κ3) is 13.9. The highest BCUT2D eigenvalue weighted by Gasteiger charge is 2.30. The van der Waals surface area contributed by atoms with Gasteiger partial charge in [0.15, 0.2) is 23.0 Å². The fraction of sp³-hybridized carbons (Fsp3) is 0.393. The molecule has 0 bridgehead atoms. The number of amides is 2. The van der Waals surface area contributed by atoms with Gasteiger partial charge in [-0.15, -0.1) is 0 Å². The van der Waals surface area contributed by atoms with Crippen molar-refractivity contribution in [3.63, 3.8) is 0 Å². The van der Waals surface area contributed by atoms with Crippen LogP contribution in [0.25, 0.3) is 43.6 Å². The summed E-state index contributed by atoms with van der Waals surface area (Å²) < 4.78 is 40.6. The summed E-state index contributed by atoms with van der Waals surface area (Å²) in [4.78, 5) is 51.5. The summed E-state index contributed by atoms with van der Waals surface area (Å²) in [5.41, 5.74) is 4.56. The van der Waals surface area contributed by atoms with Gasteiger partial charge >= 0.3 is 12.2 Å². The van der Waals surface area contributed by atoms with Gasteiger partial charge in [0, 0.05) is 104 Å². The summed E-state index contributed by atoms with van der Waals surface area (Å²) in [5, 5.41) is 13.2. The number of methoxy groups -OCH3 is 2. The molecule has 4 aromatic carbocycles. The summed E-state index contributed by atoms with van der Waals surface area (Å²) in [6.45, 7) is 17.5. The molecule has 0 atom stereocenters. The van der Waals surface area contributed by atoms with Crippen LogP contribution in [0.4, 0.5) is 9.59 Å². The van der Waals surface area contributed by atoms with Crippen molar-refractivity contribution < 1.29 is 47.9 Å². The Labute approximate surface area is 440 Å². The van der Waals surface area contributed by atoms with Crippen molar-refractivity contribution in [1.29, 1.82) is 0 Å². The number of benzene rings is 4. The molecule has 0 saturated carbocycles. The van der Waals surface area contributed by atoms with E-state index in [-0.39, 0.29) is 24.4 Å². The lowest BCUT2D eigenvalue weighted by atomic mass is 10.1.